The highest BCUT2D eigenvalue weighted by atomic mass is 16.1. The van der Waals surface area contributed by atoms with Crippen LogP contribution in [0.5, 0.6) is 0 Å². The van der Waals surface area contributed by atoms with Gasteiger partial charge in [0.15, 0.2) is 5.78 Å². The molecule has 0 aromatic heterocycles. The molecule has 2 aromatic rings. The van der Waals surface area contributed by atoms with E-state index < -0.39 is 0 Å². The summed E-state index contributed by atoms with van der Waals surface area (Å²) in [5.41, 5.74) is 2.90. The summed E-state index contributed by atoms with van der Waals surface area (Å²) in [6, 6.07) is 14.5. The molecule has 2 aromatic carbocycles. The Labute approximate surface area is 118 Å². The Morgan fingerprint density at radius 1 is 1.05 bits per heavy atom. The van der Waals surface area contributed by atoms with E-state index in [1.54, 1.807) is 24.3 Å². The van der Waals surface area contributed by atoms with Gasteiger partial charge >= 0.3 is 0 Å². The van der Waals surface area contributed by atoms with Gasteiger partial charge in [0.05, 0.1) is 0 Å². The second-order valence-corrected chi connectivity index (χ2v) is 4.60. The number of aryl methyl sites for hydroxylation is 1. The van der Waals surface area contributed by atoms with Crippen LogP contribution in [0.15, 0.2) is 48.5 Å². The number of benzene rings is 2. The summed E-state index contributed by atoms with van der Waals surface area (Å²) in [5.74, 6) is -0.168. The van der Waals surface area contributed by atoms with Crippen molar-refractivity contribution in [1.82, 2.24) is 0 Å². The lowest BCUT2D eigenvalue weighted by atomic mass is 10.0. The molecule has 102 valence electrons. The van der Waals surface area contributed by atoms with E-state index in [4.69, 9.17) is 0 Å². The maximum Gasteiger partial charge on any atom is 0.255 e. The van der Waals surface area contributed by atoms with Gasteiger partial charge in [0.25, 0.3) is 5.91 Å². The molecule has 0 spiro atoms. The van der Waals surface area contributed by atoms with Crippen molar-refractivity contribution in [2.24, 2.45) is 0 Å². The molecule has 2 rings (SSSR count). The van der Waals surface area contributed by atoms with E-state index in [1.165, 1.54) is 6.92 Å². The van der Waals surface area contributed by atoms with Crippen molar-refractivity contribution < 1.29 is 9.59 Å². The Kier molecular flexibility index (Phi) is 4.31. The number of ketones is 1. The highest BCUT2D eigenvalue weighted by Crippen LogP contribution is 2.15. The van der Waals surface area contributed by atoms with Crippen LogP contribution in [0.1, 0.15) is 40.1 Å². The van der Waals surface area contributed by atoms with E-state index in [9.17, 15) is 9.59 Å². The predicted molar refractivity (Wildman–Crippen MR) is 80.2 cm³/mol. The Morgan fingerprint density at radius 2 is 1.80 bits per heavy atom. The minimum atomic E-state index is -0.150. The lowest BCUT2D eigenvalue weighted by molar-refractivity contribution is 0.101. The lowest BCUT2D eigenvalue weighted by Crippen LogP contribution is -2.14. The minimum Gasteiger partial charge on any atom is -0.322 e. The summed E-state index contributed by atoms with van der Waals surface area (Å²) in [6.07, 6.45) is 0.803. The molecule has 0 aliphatic heterocycles. The van der Waals surface area contributed by atoms with Crippen LogP contribution >= 0.6 is 0 Å². The van der Waals surface area contributed by atoms with Crippen LogP contribution in [0.2, 0.25) is 0 Å². The third-order valence-electron chi connectivity index (χ3n) is 3.17. The van der Waals surface area contributed by atoms with Gasteiger partial charge in [-0.1, -0.05) is 37.3 Å². The lowest BCUT2D eigenvalue weighted by Gasteiger charge is -2.09. The molecule has 0 bridgehead atoms. The fourth-order valence-electron chi connectivity index (χ4n) is 2.06. The van der Waals surface area contributed by atoms with Gasteiger partial charge in [-0.25, -0.2) is 0 Å². The second-order valence-electron chi connectivity index (χ2n) is 4.60. The molecular formula is C17H17NO2. The number of anilines is 1. The fourth-order valence-corrected chi connectivity index (χ4v) is 2.06. The van der Waals surface area contributed by atoms with Crippen molar-refractivity contribution in [3.05, 3.63) is 65.2 Å². The number of amides is 1. The maximum absolute atomic E-state index is 12.3. The maximum atomic E-state index is 12.3. The van der Waals surface area contributed by atoms with E-state index in [0.29, 0.717) is 16.8 Å². The van der Waals surface area contributed by atoms with Crippen LogP contribution in [-0.4, -0.2) is 11.7 Å². The van der Waals surface area contributed by atoms with Gasteiger partial charge in [0.2, 0.25) is 0 Å². The van der Waals surface area contributed by atoms with E-state index in [0.717, 1.165) is 12.0 Å². The predicted octanol–water partition coefficient (Wildman–Crippen LogP) is 3.70. The zero-order chi connectivity index (χ0) is 14.5. The molecule has 0 radical (unpaired) electrons. The zero-order valence-corrected chi connectivity index (χ0v) is 11.6. The van der Waals surface area contributed by atoms with Crippen molar-refractivity contribution >= 4 is 17.4 Å². The van der Waals surface area contributed by atoms with Crippen molar-refractivity contribution in [2.45, 2.75) is 20.3 Å². The molecule has 0 saturated heterocycles. The third-order valence-corrected chi connectivity index (χ3v) is 3.17. The number of hydrogen-bond acceptors (Lipinski definition) is 2. The van der Waals surface area contributed by atoms with Gasteiger partial charge in [0.1, 0.15) is 0 Å². The number of carbonyl (C=O) groups excluding carboxylic acids is 2. The molecule has 0 aliphatic rings. The van der Waals surface area contributed by atoms with E-state index in [1.807, 2.05) is 31.2 Å². The largest absolute Gasteiger partial charge is 0.322 e. The Bertz CT molecular complexity index is 647. The monoisotopic (exact) mass is 267 g/mol. The molecule has 1 N–H and O–H groups in total. The van der Waals surface area contributed by atoms with Crippen molar-refractivity contribution in [1.29, 1.82) is 0 Å². The number of nitrogens with one attached hydrogen (secondary N) is 1. The van der Waals surface area contributed by atoms with Gasteiger partial charge in [-0.2, -0.15) is 0 Å². The summed E-state index contributed by atoms with van der Waals surface area (Å²) < 4.78 is 0. The Balaban J connectivity index is 2.23. The van der Waals surface area contributed by atoms with Gasteiger partial charge < -0.3 is 5.32 Å². The highest BCUT2D eigenvalue weighted by Gasteiger charge is 2.10. The zero-order valence-electron chi connectivity index (χ0n) is 11.6. The van der Waals surface area contributed by atoms with Gasteiger partial charge in [0, 0.05) is 16.8 Å². The normalized spacial score (nSPS) is 10.1. The van der Waals surface area contributed by atoms with Crippen LogP contribution in [0.4, 0.5) is 5.69 Å². The smallest absolute Gasteiger partial charge is 0.255 e. The van der Waals surface area contributed by atoms with Crippen LogP contribution in [0, 0.1) is 0 Å². The third kappa shape index (κ3) is 3.12. The molecule has 3 heteroatoms. The number of hydrogen-bond donors (Lipinski definition) is 1. The molecule has 20 heavy (non-hydrogen) atoms. The summed E-state index contributed by atoms with van der Waals surface area (Å²) in [5, 5.41) is 2.84. The van der Waals surface area contributed by atoms with Crippen LogP contribution in [-0.2, 0) is 6.42 Å². The molecule has 0 aliphatic carbocycles. The molecule has 3 nitrogen and oxygen atoms in total. The quantitative estimate of drug-likeness (QED) is 0.858. The molecule has 0 saturated carbocycles. The van der Waals surface area contributed by atoms with Crippen LogP contribution in [0.25, 0.3) is 0 Å². The number of rotatable bonds is 4. The first kappa shape index (κ1) is 14.0. The average molecular weight is 267 g/mol. The van der Waals surface area contributed by atoms with Gasteiger partial charge in [-0.15, -0.1) is 0 Å². The minimum absolute atomic E-state index is 0.0185. The Hall–Kier alpha value is -2.42. The van der Waals surface area contributed by atoms with E-state index in [-0.39, 0.29) is 11.7 Å². The van der Waals surface area contributed by atoms with E-state index >= 15 is 0 Å². The summed E-state index contributed by atoms with van der Waals surface area (Å²) in [6.45, 7) is 3.52. The first-order chi connectivity index (χ1) is 9.61. The SMILES string of the molecule is CCc1ccccc1C(=O)Nc1cccc(C(C)=O)c1. The summed E-state index contributed by atoms with van der Waals surface area (Å²) in [7, 11) is 0. The summed E-state index contributed by atoms with van der Waals surface area (Å²) in [4.78, 5) is 23.6. The topological polar surface area (TPSA) is 46.2 Å². The molecule has 0 heterocycles. The van der Waals surface area contributed by atoms with Gasteiger partial charge in [-0.05, 0) is 37.1 Å². The molecular weight excluding hydrogens is 250 g/mol. The standard InChI is InChI=1S/C17H17NO2/c1-3-13-7-4-5-10-16(13)17(20)18-15-9-6-8-14(11-15)12(2)19/h4-11H,3H2,1-2H3,(H,18,20). The first-order valence-electron chi connectivity index (χ1n) is 6.62. The number of carbonyl (C=O) groups is 2. The van der Waals surface area contributed by atoms with Crippen LogP contribution in [0.3, 0.4) is 0 Å². The molecule has 0 fully saturated rings. The summed E-state index contributed by atoms with van der Waals surface area (Å²) >= 11 is 0. The average Bonchev–Trinajstić information content (AvgIpc) is 2.47. The highest BCUT2D eigenvalue weighted by molar-refractivity contribution is 6.06. The molecule has 0 unspecified atom stereocenters. The second kappa shape index (κ2) is 6.15. The first-order valence-corrected chi connectivity index (χ1v) is 6.62. The fraction of sp³-hybridized carbons (Fsp3) is 0.176. The Morgan fingerprint density at radius 3 is 2.50 bits per heavy atom. The van der Waals surface area contributed by atoms with Crippen molar-refractivity contribution in [3.8, 4) is 0 Å². The molecule has 0 atom stereocenters. The number of Topliss-reactive ketones (excluding diaryl/α,β-unsaturated/α-hetero) is 1. The van der Waals surface area contributed by atoms with Crippen LogP contribution < -0.4 is 5.32 Å². The van der Waals surface area contributed by atoms with E-state index in [2.05, 4.69) is 5.32 Å². The van der Waals surface area contributed by atoms with Crippen molar-refractivity contribution in [2.75, 3.05) is 5.32 Å². The van der Waals surface area contributed by atoms with Gasteiger partial charge in [-0.3, -0.25) is 9.59 Å². The molecule has 1 amide bonds. The van der Waals surface area contributed by atoms with Crippen molar-refractivity contribution in [3.63, 3.8) is 0 Å².